The summed E-state index contributed by atoms with van der Waals surface area (Å²) in [6.45, 7) is 4.46. The average molecular weight is 168 g/mol. The number of aryl methyl sites for hydroxylation is 2. The first kappa shape index (κ1) is 9.29. The second-order valence-corrected chi connectivity index (χ2v) is 3.10. The van der Waals surface area contributed by atoms with Crippen molar-refractivity contribution in [2.75, 3.05) is 6.54 Å². The molecule has 1 rings (SSSR count). The molecular formula is C9H16N2O. The van der Waals surface area contributed by atoms with Gasteiger partial charge in [-0.1, -0.05) is 0 Å². The molecule has 1 atom stereocenters. The van der Waals surface area contributed by atoms with Crippen molar-refractivity contribution in [2.45, 2.75) is 26.4 Å². The third-order valence-electron chi connectivity index (χ3n) is 2.11. The van der Waals surface area contributed by atoms with Crippen LogP contribution in [0.1, 0.15) is 29.3 Å². The lowest BCUT2D eigenvalue weighted by molar-refractivity contribution is 0.169. The molecular weight excluding hydrogens is 152 g/mol. The zero-order chi connectivity index (χ0) is 9.14. The van der Waals surface area contributed by atoms with Crippen LogP contribution in [0.3, 0.4) is 0 Å². The Morgan fingerprint density at radius 3 is 2.67 bits per heavy atom. The fraction of sp³-hybridized carbons (Fsp3) is 0.556. The van der Waals surface area contributed by atoms with Gasteiger partial charge in [-0.3, -0.25) is 0 Å². The Morgan fingerprint density at radius 2 is 2.25 bits per heavy atom. The molecule has 0 aliphatic heterocycles. The first-order valence-electron chi connectivity index (χ1n) is 4.19. The molecule has 0 amide bonds. The van der Waals surface area contributed by atoms with Crippen molar-refractivity contribution >= 4 is 0 Å². The molecule has 0 saturated heterocycles. The molecule has 0 aliphatic carbocycles. The minimum atomic E-state index is -0.416. The van der Waals surface area contributed by atoms with Gasteiger partial charge in [-0.25, -0.2) is 0 Å². The highest BCUT2D eigenvalue weighted by atomic mass is 16.3. The molecule has 0 aromatic carbocycles. The van der Waals surface area contributed by atoms with Crippen molar-refractivity contribution in [2.24, 2.45) is 5.73 Å². The van der Waals surface area contributed by atoms with Crippen molar-refractivity contribution in [3.8, 4) is 0 Å². The summed E-state index contributed by atoms with van der Waals surface area (Å²) in [6.07, 6.45) is 2.12. The maximum atomic E-state index is 9.67. The lowest BCUT2D eigenvalue weighted by Crippen LogP contribution is -2.07. The molecule has 1 heterocycles. The van der Waals surface area contributed by atoms with E-state index in [1.165, 1.54) is 0 Å². The molecule has 1 aromatic heterocycles. The highest BCUT2D eigenvalue weighted by molar-refractivity contribution is 5.30. The molecule has 0 aliphatic rings. The summed E-state index contributed by atoms with van der Waals surface area (Å²) < 4.78 is 0. The van der Waals surface area contributed by atoms with Crippen LogP contribution >= 0.6 is 0 Å². The van der Waals surface area contributed by atoms with Crippen LogP contribution in [0.2, 0.25) is 0 Å². The van der Waals surface area contributed by atoms with Gasteiger partial charge < -0.3 is 15.8 Å². The average Bonchev–Trinajstić information content (AvgIpc) is 2.32. The second kappa shape index (κ2) is 3.74. The quantitative estimate of drug-likeness (QED) is 0.631. The minimum absolute atomic E-state index is 0.416. The van der Waals surface area contributed by atoms with Gasteiger partial charge in [0.1, 0.15) is 0 Å². The van der Waals surface area contributed by atoms with E-state index >= 15 is 0 Å². The number of hydrogen-bond acceptors (Lipinski definition) is 2. The number of H-pyrrole nitrogens is 1. The fourth-order valence-electron chi connectivity index (χ4n) is 1.48. The van der Waals surface area contributed by atoms with Gasteiger partial charge in [0.25, 0.3) is 0 Å². The lowest BCUT2D eigenvalue weighted by atomic mass is 10.0. The summed E-state index contributed by atoms with van der Waals surface area (Å²) in [6, 6.07) is 0. The maximum absolute atomic E-state index is 9.67. The van der Waals surface area contributed by atoms with Crippen molar-refractivity contribution in [3.05, 3.63) is 23.0 Å². The number of rotatable bonds is 3. The van der Waals surface area contributed by atoms with E-state index in [0.717, 1.165) is 16.8 Å². The Labute approximate surface area is 72.6 Å². The number of nitrogens with two attached hydrogens (primary N) is 1. The Balaban J connectivity index is 2.85. The smallest absolute Gasteiger partial charge is 0.0821 e. The Bertz CT molecular complexity index is 236. The van der Waals surface area contributed by atoms with Crippen LogP contribution in [0, 0.1) is 13.8 Å². The van der Waals surface area contributed by atoms with Crippen molar-refractivity contribution in [3.63, 3.8) is 0 Å². The van der Waals surface area contributed by atoms with Crippen molar-refractivity contribution in [1.29, 1.82) is 0 Å². The van der Waals surface area contributed by atoms with E-state index in [9.17, 15) is 5.11 Å². The van der Waals surface area contributed by atoms with Gasteiger partial charge >= 0.3 is 0 Å². The summed E-state index contributed by atoms with van der Waals surface area (Å²) in [4.78, 5) is 3.08. The number of aromatic nitrogens is 1. The van der Waals surface area contributed by atoms with Crippen LogP contribution in [0.4, 0.5) is 0 Å². The van der Waals surface area contributed by atoms with Crippen LogP contribution in [-0.4, -0.2) is 16.6 Å². The molecule has 1 aromatic rings. The lowest BCUT2D eigenvalue weighted by Gasteiger charge is -2.09. The number of aliphatic hydroxyl groups excluding tert-OH is 1. The largest absolute Gasteiger partial charge is 0.388 e. The molecule has 68 valence electrons. The molecule has 0 bridgehead atoms. The van der Waals surface area contributed by atoms with Crippen molar-refractivity contribution < 1.29 is 5.11 Å². The fourth-order valence-corrected chi connectivity index (χ4v) is 1.48. The predicted molar refractivity (Wildman–Crippen MR) is 48.9 cm³/mol. The summed E-state index contributed by atoms with van der Waals surface area (Å²) in [5, 5.41) is 9.67. The van der Waals surface area contributed by atoms with Crippen LogP contribution in [-0.2, 0) is 0 Å². The normalized spacial score (nSPS) is 13.3. The van der Waals surface area contributed by atoms with E-state index in [0.29, 0.717) is 13.0 Å². The molecule has 3 heteroatoms. The van der Waals surface area contributed by atoms with Gasteiger partial charge in [0.2, 0.25) is 0 Å². The number of aromatic amines is 1. The van der Waals surface area contributed by atoms with E-state index in [4.69, 9.17) is 5.73 Å². The Hall–Kier alpha value is -0.800. The first-order chi connectivity index (χ1) is 5.66. The zero-order valence-corrected chi connectivity index (χ0v) is 7.59. The van der Waals surface area contributed by atoms with Gasteiger partial charge in [-0.05, 0) is 32.4 Å². The third-order valence-corrected chi connectivity index (χ3v) is 2.11. The number of hydrogen-bond donors (Lipinski definition) is 3. The highest BCUT2D eigenvalue weighted by Crippen LogP contribution is 2.22. The van der Waals surface area contributed by atoms with E-state index in [2.05, 4.69) is 4.98 Å². The van der Waals surface area contributed by atoms with Crippen LogP contribution in [0.25, 0.3) is 0 Å². The molecule has 3 nitrogen and oxygen atoms in total. The first-order valence-corrected chi connectivity index (χ1v) is 4.19. The Kier molecular flexibility index (Phi) is 2.89. The molecule has 0 fully saturated rings. The van der Waals surface area contributed by atoms with E-state index in [-0.39, 0.29) is 0 Å². The van der Waals surface area contributed by atoms with Gasteiger partial charge in [0.15, 0.2) is 0 Å². The monoisotopic (exact) mass is 168 g/mol. The Morgan fingerprint density at radius 1 is 1.58 bits per heavy atom. The number of nitrogens with one attached hydrogen (secondary N) is 1. The summed E-state index contributed by atoms with van der Waals surface area (Å²) >= 11 is 0. The van der Waals surface area contributed by atoms with Crippen LogP contribution < -0.4 is 5.73 Å². The van der Waals surface area contributed by atoms with Crippen LogP contribution in [0.5, 0.6) is 0 Å². The van der Waals surface area contributed by atoms with Gasteiger partial charge in [-0.2, -0.15) is 0 Å². The predicted octanol–water partition coefficient (Wildman–Crippen LogP) is 1.01. The zero-order valence-electron chi connectivity index (χ0n) is 7.59. The maximum Gasteiger partial charge on any atom is 0.0821 e. The van der Waals surface area contributed by atoms with Crippen molar-refractivity contribution in [1.82, 2.24) is 4.98 Å². The van der Waals surface area contributed by atoms with E-state index in [1.54, 1.807) is 0 Å². The van der Waals surface area contributed by atoms with Gasteiger partial charge in [0, 0.05) is 17.5 Å². The molecule has 0 spiro atoms. The van der Waals surface area contributed by atoms with E-state index < -0.39 is 6.10 Å². The second-order valence-electron chi connectivity index (χ2n) is 3.10. The topological polar surface area (TPSA) is 62.0 Å². The summed E-state index contributed by atoms with van der Waals surface area (Å²) in [7, 11) is 0. The van der Waals surface area contributed by atoms with E-state index in [1.807, 2.05) is 20.0 Å². The van der Waals surface area contributed by atoms with Gasteiger partial charge in [-0.15, -0.1) is 0 Å². The SMILES string of the molecule is Cc1c[nH]c(C)c1[C@@H](O)CCN. The number of aliphatic hydroxyl groups is 1. The van der Waals surface area contributed by atoms with Crippen LogP contribution in [0.15, 0.2) is 6.20 Å². The van der Waals surface area contributed by atoms with Gasteiger partial charge in [0.05, 0.1) is 6.10 Å². The highest BCUT2D eigenvalue weighted by Gasteiger charge is 2.13. The molecule has 0 saturated carbocycles. The summed E-state index contributed by atoms with van der Waals surface area (Å²) in [5.41, 5.74) is 8.51. The third kappa shape index (κ3) is 1.68. The molecule has 0 radical (unpaired) electrons. The summed E-state index contributed by atoms with van der Waals surface area (Å²) in [5.74, 6) is 0. The molecule has 12 heavy (non-hydrogen) atoms. The molecule has 4 N–H and O–H groups in total. The standard InChI is InChI=1S/C9H16N2O/c1-6-5-11-7(2)9(6)8(12)3-4-10/h5,8,11-12H,3-4,10H2,1-2H3/t8-/m0/s1. The molecule has 0 unspecified atom stereocenters. The minimum Gasteiger partial charge on any atom is -0.388 e.